The van der Waals surface area contributed by atoms with Gasteiger partial charge in [0.25, 0.3) is 0 Å². The van der Waals surface area contributed by atoms with Gasteiger partial charge in [-0.2, -0.15) is 5.10 Å². The molecule has 3 fully saturated rings. The molecule has 2 aliphatic heterocycles. The zero-order chi connectivity index (χ0) is 15.9. The first kappa shape index (κ1) is 14.7. The van der Waals surface area contributed by atoms with Crippen LogP contribution in [-0.4, -0.2) is 52.2 Å². The van der Waals surface area contributed by atoms with Crippen molar-refractivity contribution in [3.8, 4) is 0 Å². The number of piperidine rings is 1. The molecule has 0 aromatic carbocycles. The molecule has 128 valence electrons. The molecule has 5 rings (SSSR count). The molecule has 1 saturated carbocycles. The number of fused-ring (bicyclic) bond motifs is 1. The second kappa shape index (κ2) is 6.03. The van der Waals surface area contributed by atoms with Gasteiger partial charge in [0.1, 0.15) is 0 Å². The van der Waals surface area contributed by atoms with E-state index in [0.29, 0.717) is 5.92 Å². The van der Waals surface area contributed by atoms with Crippen molar-refractivity contribution in [2.45, 2.75) is 44.4 Å². The van der Waals surface area contributed by atoms with E-state index in [1.54, 1.807) is 0 Å². The van der Waals surface area contributed by atoms with Gasteiger partial charge in [-0.1, -0.05) is 0 Å². The summed E-state index contributed by atoms with van der Waals surface area (Å²) in [6, 6.07) is 4.34. The molecule has 2 aromatic heterocycles. The fourth-order valence-corrected chi connectivity index (χ4v) is 4.32. The van der Waals surface area contributed by atoms with Crippen LogP contribution in [0.15, 0.2) is 18.3 Å². The van der Waals surface area contributed by atoms with Gasteiger partial charge >= 0.3 is 0 Å². The summed E-state index contributed by atoms with van der Waals surface area (Å²) in [5.74, 6) is 2.53. The maximum atomic E-state index is 4.85. The van der Waals surface area contributed by atoms with Gasteiger partial charge in [0.05, 0.1) is 11.9 Å². The Morgan fingerprint density at radius 2 is 1.88 bits per heavy atom. The van der Waals surface area contributed by atoms with Crippen molar-refractivity contribution in [3.63, 3.8) is 0 Å². The molecule has 2 aromatic rings. The molecule has 0 spiro atoms. The van der Waals surface area contributed by atoms with Crippen molar-refractivity contribution in [2.24, 2.45) is 5.92 Å². The number of hydrogen-bond donors (Lipinski definition) is 0. The van der Waals surface area contributed by atoms with Gasteiger partial charge in [0.15, 0.2) is 11.5 Å². The highest BCUT2D eigenvalue weighted by molar-refractivity contribution is 5.51. The first-order chi connectivity index (χ1) is 11.8. The highest BCUT2D eigenvalue weighted by atomic mass is 15.3. The first-order valence-electron chi connectivity index (χ1n) is 9.69. The van der Waals surface area contributed by atoms with Gasteiger partial charge in [-0.3, -0.25) is 0 Å². The van der Waals surface area contributed by atoms with Crippen LogP contribution in [0.5, 0.6) is 0 Å². The molecule has 0 bridgehead atoms. The van der Waals surface area contributed by atoms with Crippen molar-refractivity contribution in [2.75, 3.05) is 37.6 Å². The largest absolute Gasteiger partial charge is 0.370 e. The van der Waals surface area contributed by atoms with Gasteiger partial charge in [-0.25, -0.2) is 9.50 Å². The van der Waals surface area contributed by atoms with Gasteiger partial charge in [0.2, 0.25) is 0 Å². The van der Waals surface area contributed by atoms with Crippen LogP contribution in [-0.2, 0) is 0 Å². The van der Waals surface area contributed by atoms with Gasteiger partial charge in [-0.05, 0) is 63.1 Å². The molecular weight excluding hydrogens is 298 g/mol. The smallest absolute Gasteiger partial charge is 0.156 e. The minimum absolute atomic E-state index is 0.507. The van der Waals surface area contributed by atoms with E-state index in [1.807, 2.05) is 4.52 Å². The normalized spacial score (nSPS) is 25.7. The Kier molecular flexibility index (Phi) is 3.69. The maximum Gasteiger partial charge on any atom is 0.156 e. The molecule has 0 amide bonds. The standard InChI is InChI=1S/C19H27N5/c1-2-11-23(10-1)17-7-8-18-20-19(21-24(18)14-17)16-4-3-9-22(13-16)12-15-5-6-15/h7-8,14-16H,1-6,9-13H2/t16-/m1/s1. The van der Waals surface area contributed by atoms with Crippen molar-refractivity contribution in [3.05, 3.63) is 24.2 Å². The topological polar surface area (TPSA) is 36.7 Å². The zero-order valence-corrected chi connectivity index (χ0v) is 14.4. The monoisotopic (exact) mass is 325 g/mol. The summed E-state index contributed by atoms with van der Waals surface area (Å²) in [4.78, 5) is 9.94. The summed E-state index contributed by atoms with van der Waals surface area (Å²) in [5, 5.41) is 4.85. The molecule has 2 saturated heterocycles. The van der Waals surface area contributed by atoms with Gasteiger partial charge in [0, 0.05) is 32.1 Å². The summed E-state index contributed by atoms with van der Waals surface area (Å²) < 4.78 is 2.00. The number of anilines is 1. The Bertz CT molecular complexity index is 714. The summed E-state index contributed by atoms with van der Waals surface area (Å²) in [7, 11) is 0. The Labute approximate surface area is 143 Å². The molecule has 0 radical (unpaired) electrons. The molecule has 5 nitrogen and oxygen atoms in total. The third kappa shape index (κ3) is 2.90. The van der Waals surface area contributed by atoms with Crippen LogP contribution in [0, 0.1) is 5.92 Å². The second-order valence-corrected chi connectivity index (χ2v) is 7.90. The Balaban J connectivity index is 1.36. The Morgan fingerprint density at radius 1 is 1.00 bits per heavy atom. The third-order valence-electron chi connectivity index (χ3n) is 5.89. The van der Waals surface area contributed by atoms with Crippen LogP contribution in [0.1, 0.15) is 50.3 Å². The van der Waals surface area contributed by atoms with Crippen LogP contribution in [0.3, 0.4) is 0 Å². The van der Waals surface area contributed by atoms with Gasteiger partial charge in [-0.15, -0.1) is 0 Å². The average Bonchev–Trinajstić information content (AvgIpc) is 3.12. The van der Waals surface area contributed by atoms with Crippen LogP contribution in [0.2, 0.25) is 0 Å². The molecule has 3 aliphatic rings. The van der Waals surface area contributed by atoms with E-state index in [9.17, 15) is 0 Å². The zero-order valence-electron chi connectivity index (χ0n) is 14.4. The second-order valence-electron chi connectivity index (χ2n) is 7.90. The van der Waals surface area contributed by atoms with E-state index < -0.39 is 0 Å². The predicted octanol–water partition coefficient (Wildman–Crippen LogP) is 2.92. The average molecular weight is 325 g/mol. The van der Waals surface area contributed by atoms with Crippen LogP contribution >= 0.6 is 0 Å². The van der Waals surface area contributed by atoms with Crippen molar-refractivity contribution < 1.29 is 0 Å². The lowest BCUT2D eigenvalue weighted by atomic mass is 9.97. The fraction of sp³-hybridized carbons (Fsp3) is 0.684. The summed E-state index contributed by atoms with van der Waals surface area (Å²) in [5.41, 5.74) is 2.28. The van der Waals surface area contributed by atoms with Crippen LogP contribution in [0.4, 0.5) is 5.69 Å². The first-order valence-corrected chi connectivity index (χ1v) is 9.69. The van der Waals surface area contributed by atoms with E-state index in [2.05, 4.69) is 28.1 Å². The summed E-state index contributed by atoms with van der Waals surface area (Å²) in [6.45, 7) is 6.05. The summed E-state index contributed by atoms with van der Waals surface area (Å²) >= 11 is 0. The van der Waals surface area contributed by atoms with Crippen molar-refractivity contribution in [1.29, 1.82) is 0 Å². The van der Waals surface area contributed by atoms with E-state index in [4.69, 9.17) is 10.1 Å². The quantitative estimate of drug-likeness (QED) is 0.866. The van der Waals surface area contributed by atoms with Gasteiger partial charge < -0.3 is 9.80 Å². The van der Waals surface area contributed by atoms with E-state index >= 15 is 0 Å². The number of rotatable bonds is 4. The molecule has 4 heterocycles. The minimum Gasteiger partial charge on any atom is -0.370 e. The molecule has 24 heavy (non-hydrogen) atoms. The molecule has 5 heteroatoms. The third-order valence-corrected chi connectivity index (χ3v) is 5.89. The van der Waals surface area contributed by atoms with Crippen LogP contribution in [0.25, 0.3) is 5.65 Å². The predicted molar refractivity (Wildman–Crippen MR) is 95.6 cm³/mol. The van der Waals surface area contributed by atoms with Crippen molar-refractivity contribution in [1.82, 2.24) is 19.5 Å². The molecule has 1 aliphatic carbocycles. The number of aromatic nitrogens is 3. The minimum atomic E-state index is 0.507. The summed E-state index contributed by atoms with van der Waals surface area (Å²) in [6.07, 6.45) is 10.2. The highest BCUT2D eigenvalue weighted by Gasteiger charge is 2.29. The number of pyridine rings is 1. The van der Waals surface area contributed by atoms with Crippen molar-refractivity contribution >= 4 is 11.3 Å². The molecule has 0 N–H and O–H groups in total. The highest BCUT2D eigenvalue weighted by Crippen LogP contribution is 2.33. The lowest BCUT2D eigenvalue weighted by molar-refractivity contribution is 0.197. The Morgan fingerprint density at radius 3 is 2.71 bits per heavy atom. The lowest BCUT2D eigenvalue weighted by Crippen LogP contribution is -2.36. The molecular formula is C19H27N5. The van der Waals surface area contributed by atoms with Crippen LogP contribution < -0.4 is 4.90 Å². The fourth-order valence-electron chi connectivity index (χ4n) is 4.32. The SMILES string of the molecule is c1cc2nc([C@@H]3CCCN(CC4CC4)C3)nn2cc1N1CCCC1. The molecule has 1 atom stereocenters. The Hall–Kier alpha value is -1.62. The van der Waals surface area contributed by atoms with E-state index in [1.165, 1.54) is 70.4 Å². The molecule has 0 unspecified atom stereocenters. The number of nitrogens with zero attached hydrogens (tertiary/aromatic N) is 5. The van der Waals surface area contributed by atoms with E-state index in [-0.39, 0.29) is 0 Å². The maximum absolute atomic E-state index is 4.85. The number of likely N-dealkylation sites (tertiary alicyclic amines) is 1. The lowest BCUT2D eigenvalue weighted by Gasteiger charge is -2.31. The number of hydrogen-bond acceptors (Lipinski definition) is 4. The van der Waals surface area contributed by atoms with E-state index in [0.717, 1.165) is 23.9 Å².